The lowest BCUT2D eigenvalue weighted by atomic mass is 9.82. The Bertz CT molecular complexity index is 1540. The van der Waals surface area contributed by atoms with Crippen LogP contribution in [-0.4, -0.2) is 66.3 Å². The zero-order chi connectivity index (χ0) is 30.0. The van der Waals surface area contributed by atoms with Gasteiger partial charge in [0.15, 0.2) is 15.7 Å². The summed E-state index contributed by atoms with van der Waals surface area (Å²) in [5, 5.41) is 6.21. The van der Waals surface area contributed by atoms with Crippen molar-refractivity contribution < 1.29 is 13.2 Å². The number of hydrogen-bond donors (Lipinski definition) is 2. The van der Waals surface area contributed by atoms with Gasteiger partial charge in [0, 0.05) is 24.3 Å². The Labute approximate surface area is 258 Å². The monoisotopic (exact) mass is 629 g/mol. The summed E-state index contributed by atoms with van der Waals surface area (Å²) < 4.78 is 32.3. The number of nitrogens with one attached hydrogen (secondary N) is 2. The molecule has 2 aliphatic rings. The van der Waals surface area contributed by atoms with Gasteiger partial charge in [0.2, 0.25) is 5.95 Å². The third-order valence-electron chi connectivity index (χ3n) is 8.11. The molecule has 3 aromatic rings. The Morgan fingerprint density at radius 2 is 1.90 bits per heavy atom. The first-order valence-corrected chi connectivity index (χ1v) is 17.8. The van der Waals surface area contributed by atoms with Gasteiger partial charge in [-0.1, -0.05) is 23.7 Å². The van der Waals surface area contributed by atoms with Crippen LogP contribution < -0.4 is 15.4 Å². The van der Waals surface area contributed by atoms with E-state index in [0.29, 0.717) is 23.4 Å². The lowest BCUT2D eigenvalue weighted by molar-refractivity contribution is 0.223. The quantitative estimate of drug-likeness (QED) is 0.246. The van der Waals surface area contributed by atoms with Crippen molar-refractivity contribution in [2.75, 3.05) is 42.3 Å². The van der Waals surface area contributed by atoms with Gasteiger partial charge in [0.25, 0.3) is 0 Å². The van der Waals surface area contributed by atoms with Crippen molar-refractivity contribution in [2.24, 2.45) is 0 Å². The lowest BCUT2D eigenvalue weighted by Gasteiger charge is -2.33. The van der Waals surface area contributed by atoms with Crippen LogP contribution in [0.2, 0.25) is 5.02 Å². The van der Waals surface area contributed by atoms with Gasteiger partial charge >= 0.3 is 0 Å². The minimum absolute atomic E-state index is 0.0885. The van der Waals surface area contributed by atoms with Crippen molar-refractivity contribution in [1.82, 2.24) is 14.9 Å². The zero-order valence-electron chi connectivity index (χ0n) is 24.9. The van der Waals surface area contributed by atoms with Crippen LogP contribution in [0.1, 0.15) is 56.2 Å². The number of aryl methyl sites for hydroxylation is 1. The molecule has 1 atom stereocenters. The summed E-state index contributed by atoms with van der Waals surface area (Å²) in [6, 6.07) is 8.92. The van der Waals surface area contributed by atoms with E-state index in [0.717, 1.165) is 50.3 Å². The fourth-order valence-electron chi connectivity index (χ4n) is 5.91. The highest BCUT2D eigenvalue weighted by atomic mass is 35.5. The molecule has 2 aliphatic heterocycles. The molecule has 0 spiro atoms. The van der Waals surface area contributed by atoms with E-state index in [4.69, 9.17) is 16.3 Å². The van der Waals surface area contributed by atoms with E-state index in [2.05, 4.69) is 51.7 Å². The van der Waals surface area contributed by atoms with Crippen LogP contribution in [0, 0.1) is 6.92 Å². The molecule has 5 rings (SSSR count). The molecule has 0 amide bonds. The number of thioether (sulfide) groups is 1. The van der Waals surface area contributed by atoms with Crippen molar-refractivity contribution in [3.63, 3.8) is 0 Å². The van der Waals surface area contributed by atoms with Crippen LogP contribution in [0.15, 0.2) is 41.4 Å². The van der Waals surface area contributed by atoms with E-state index in [1.165, 1.54) is 28.6 Å². The summed E-state index contributed by atoms with van der Waals surface area (Å²) in [5.41, 5.74) is 5.20. The van der Waals surface area contributed by atoms with E-state index in [-0.39, 0.29) is 16.0 Å². The number of rotatable bonds is 10. The summed E-state index contributed by atoms with van der Waals surface area (Å²) in [7, 11) is -3.52. The Morgan fingerprint density at radius 1 is 1.17 bits per heavy atom. The first-order valence-electron chi connectivity index (χ1n) is 14.5. The molecule has 1 fully saturated rings. The number of piperidine rings is 1. The van der Waals surface area contributed by atoms with E-state index < -0.39 is 15.1 Å². The number of para-hydroxylation sites is 1. The van der Waals surface area contributed by atoms with Crippen LogP contribution in [-0.2, 0) is 16.3 Å². The van der Waals surface area contributed by atoms with Crippen LogP contribution in [0.3, 0.4) is 0 Å². The number of fused-ring (bicyclic) bond motifs is 1. The minimum atomic E-state index is -3.52. The molecular formula is C31H40ClN5O3S2. The highest BCUT2D eigenvalue weighted by Gasteiger charge is 2.32. The number of benzene rings is 2. The Balaban J connectivity index is 1.41. The van der Waals surface area contributed by atoms with Gasteiger partial charge in [0.1, 0.15) is 16.9 Å². The molecule has 226 valence electrons. The maximum Gasteiger partial charge on any atom is 0.229 e. The molecule has 0 unspecified atom stereocenters. The van der Waals surface area contributed by atoms with Crippen molar-refractivity contribution in [2.45, 2.75) is 69.1 Å². The Kier molecular flexibility index (Phi) is 9.56. The number of sulfone groups is 1. The number of halogens is 1. The number of aromatic nitrogens is 2. The highest BCUT2D eigenvalue weighted by molar-refractivity contribution is 7.98. The maximum atomic E-state index is 13.0. The summed E-state index contributed by atoms with van der Waals surface area (Å²) in [5.74, 6) is 3.23. The normalized spacial score (nSPS) is 17.7. The molecule has 11 heteroatoms. The van der Waals surface area contributed by atoms with Gasteiger partial charge < -0.3 is 20.3 Å². The summed E-state index contributed by atoms with van der Waals surface area (Å²) in [6.07, 6.45) is 6.96. The van der Waals surface area contributed by atoms with E-state index >= 15 is 0 Å². The Hall–Kier alpha value is -2.53. The molecular weight excluding hydrogens is 590 g/mol. The maximum absolute atomic E-state index is 13.0. The first-order chi connectivity index (χ1) is 20.1. The molecule has 8 nitrogen and oxygen atoms in total. The van der Waals surface area contributed by atoms with Crippen LogP contribution in [0.4, 0.5) is 23.1 Å². The summed E-state index contributed by atoms with van der Waals surface area (Å²) >= 11 is 8.37. The van der Waals surface area contributed by atoms with E-state index in [1.807, 2.05) is 11.8 Å². The van der Waals surface area contributed by atoms with Crippen LogP contribution >= 0.6 is 23.4 Å². The van der Waals surface area contributed by atoms with Gasteiger partial charge in [-0.2, -0.15) is 16.7 Å². The second kappa shape index (κ2) is 13.0. The molecule has 2 N–H and O–H groups in total. The van der Waals surface area contributed by atoms with Crippen molar-refractivity contribution in [3.8, 4) is 5.75 Å². The lowest BCUT2D eigenvalue weighted by Crippen LogP contribution is -2.34. The van der Waals surface area contributed by atoms with Gasteiger partial charge in [-0.15, -0.1) is 0 Å². The molecule has 1 aromatic heterocycles. The molecule has 42 heavy (non-hydrogen) atoms. The Morgan fingerprint density at radius 3 is 2.62 bits per heavy atom. The van der Waals surface area contributed by atoms with Gasteiger partial charge in [-0.3, -0.25) is 0 Å². The van der Waals surface area contributed by atoms with Gasteiger partial charge in [0.05, 0.1) is 27.7 Å². The largest absolute Gasteiger partial charge is 0.488 e. The molecule has 2 aromatic carbocycles. The molecule has 0 saturated carbocycles. The average molecular weight is 630 g/mol. The van der Waals surface area contributed by atoms with Crippen molar-refractivity contribution >= 4 is 56.3 Å². The molecule has 0 aliphatic carbocycles. The fraction of sp³-hybridized carbons (Fsp3) is 0.484. The molecule has 1 saturated heterocycles. The smallest absolute Gasteiger partial charge is 0.229 e. The third-order valence-corrected chi connectivity index (χ3v) is 11.2. The molecule has 0 radical (unpaired) electrons. The summed E-state index contributed by atoms with van der Waals surface area (Å²) in [4.78, 5) is 11.8. The van der Waals surface area contributed by atoms with E-state index in [9.17, 15) is 8.42 Å². The van der Waals surface area contributed by atoms with E-state index in [1.54, 1.807) is 38.1 Å². The predicted molar refractivity (Wildman–Crippen MR) is 174 cm³/mol. The first kappa shape index (κ1) is 30.9. The highest BCUT2D eigenvalue weighted by Crippen LogP contribution is 2.46. The van der Waals surface area contributed by atoms with Gasteiger partial charge in [-0.05, 0) is 95.1 Å². The third kappa shape index (κ3) is 6.51. The zero-order valence-corrected chi connectivity index (χ0v) is 27.3. The number of likely N-dealkylation sites (tertiary alicyclic amines) is 1. The topological polar surface area (TPSA) is 96.5 Å². The standard InChI is InChI=1S/C31H40ClN5O3S2/c1-19(2)42(38,39)27-9-7-6-8-25(27)34-30-24(32)18-33-31(36-30)35-26-16-20(3)28(23-17-21(4)40-29(23)26)22-10-12-37(13-11-22)14-15-41-5/h6-9,16,18-19,21-22H,10-15,17H2,1-5H3,(H2,33,34,35,36)/t21-/m1/s1. The number of ether oxygens (including phenoxy) is 1. The number of nitrogens with zero attached hydrogens (tertiary/aromatic N) is 3. The molecule has 0 bridgehead atoms. The van der Waals surface area contributed by atoms with Gasteiger partial charge in [-0.25, -0.2) is 13.4 Å². The SMILES string of the molecule is CSCCN1CCC(c2c(C)cc(Nc3ncc(Cl)c(Nc4ccccc4S(=O)(=O)C(C)C)n3)c3c2C[C@@H](C)O3)CC1. The second-order valence-electron chi connectivity index (χ2n) is 11.4. The second-order valence-corrected chi connectivity index (χ2v) is 15.3. The number of hydrogen-bond acceptors (Lipinski definition) is 9. The predicted octanol–water partition coefficient (Wildman–Crippen LogP) is 6.97. The van der Waals surface area contributed by atoms with Crippen LogP contribution in [0.25, 0.3) is 0 Å². The van der Waals surface area contributed by atoms with Crippen molar-refractivity contribution in [1.29, 1.82) is 0 Å². The fourth-order valence-corrected chi connectivity index (χ4v) is 7.69. The van der Waals surface area contributed by atoms with Crippen molar-refractivity contribution in [3.05, 3.63) is 58.2 Å². The number of anilines is 4. The average Bonchev–Trinajstić information content (AvgIpc) is 3.35. The van der Waals surface area contributed by atoms with Crippen LogP contribution in [0.5, 0.6) is 5.75 Å². The summed E-state index contributed by atoms with van der Waals surface area (Å²) in [6.45, 7) is 11.0. The minimum Gasteiger partial charge on any atom is -0.488 e. The molecule has 3 heterocycles.